The van der Waals surface area contributed by atoms with E-state index in [1.165, 1.54) is 15.3 Å². The molecule has 2 rings (SSSR count). The van der Waals surface area contributed by atoms with Crippen LogP contribution in [0.1, 0.15) is 5.56 Å². The van der Waals surface area contributed by atoms with Crippen molar-refractivity contribution in [3.8, 4) is 0 Å². The van der Waals surface area contributed by atoms with Gasteiger partial charge in [0, 0.05) is 0 Å². The van der Waals surface area contributed by atoms with Gasteiger partial charge < -0.3 is 0 Å². The summed E-state index contributed by atoms with van der Waals surface area (Å²) >= 11 is 0.602. The van der Waals surface area contributed by atoms with Gasteiger partial charge in [0.1, 0.15) is 0 Å². The molecular formula is C13H13NSe. The molecule has 76 valence electrons. The Bertz CT molecular complexity index is 346. The molecule has 0 amide bonds. The second-order valence-electron chi connectivity index (χ2n) is 3.27. The van der Waals surface area contributed by atoms with Gasteiger partial charge >= 0.3 is 96.6 Å². The van der Waals surface area contributed by atoms with Crippen molar-refractivity contribution in [1.82, 2.24) is 4.98 Å². The summed E-state index contributed by atoms with van der Waals surface area (Å²) in [5.41, 5.74) is 1.39. The summed E-state index contributed by atoms with van der Waals surface area (Å²) in [5.74, 6) is 0. The van der Waals surface area contributed by atoms with Crippen molar-refractivity contribution in [2.45, 2.75) is 11.7 Å². The van der Waals surface area contributed by atoms with E-state index in [4.69, 9.17) is 0 Å². The Hall–Kier alpha value is -1.11. The van der Waals surface area contributed by atoms with Crippen molar-refractivity contribution >= 4 is 19.4 Å². The SMILES string of the molecule is c1ccc([Se]CCc2ccncc2)cc1. The first kappa shape index (κ1) is 10.4. The zero-order valence-corrected chi connectivity index (χ0v) is 10.2. The van der Waals surface area contributed by atoms with Crippen LogP contribution in [0.15, 0.2) is 54.9 Å². The average Bonchev–Trinajstić information content (AvgIpc) is 2.32. The Balaban J connectivity index is 1.81. The number of rotatable bonds is 4. The monoisotopic (exact) mass is 263 g/mol. The van der Waals surface area contributed by atoms with Gasteiger partial charge in [0.15, 0.2) is 0 Å². The number of aromatic nitrogens is 1. The van der Waals surface area contributed by atoms with E-state index in [2.05, 4.69) is 47.4 Å². The number of aryl methyl sites for hydroxylation is 1. The van der Waals surface area contributed by atoms with Gasteiger partial charge in [0.25, 0.3) is 0 Å². The molecule has 0 saturated carbocycles. The Morgan fingerprint density at radius 1 is 0.933 bits per heavy atom. The standard InChI is InChI=1S/C13H13NSe/c1-2-4-13(5-3-1)15-11-8-12-6-9-14-10-7-12/h1-7,9-10H,8,11H2. The summed E-state index contributed by atoms with van der Waals surface area (Å²) in [6, 6.07) is 14.9. The molecule has 0 radical (unpaired) electrons. The summed E-state index contributed by atoms with van der Waals surface area (Å²) in [6.45, 7) is 0. The molecule has 0 aliphatic heterocycles. The van der Waals surface area contributed by atoms with Crippen LogP contribution in [-0.2, 0) is 6.42 Å². The van der Waals surface area contributed by atoms with Crippen LogP contribution in [0.25, 0.3) is 0 Å². The van der Waals surface area contributed by atoms with Gasteiger partial charge in [-0.2, -0.15) is 0 Å². The molecule has 0 spiro atoms. The van der Waals surface area contributed by atoms with Crippen LogP contribution in [0.3, 0.4) is 0 Å². The van der Waals surface area contributed by atoms with Gasteiger partial charge in [-0.05, 0) is 0 Å². The number of hydrogen-bond acceptors (Lipinski definition) is 1. The normalized spacial score (nSPS) is 10.1. The van der Waals surface area contributed by atoms with Crippen molar-refractivity contribution < 1.29 is 0 Å². The molecule has 1 heterocycles. The zero-order chi connectivity index (χ0) is 10.3. The Morgan fingerprint density at radius 2 is 1.67 bits per heavy atom. The topological polar surface area (TPSA) is 12.9 Å². The second kappa shape index (κ2) is 5.69. The molecule has 0 bridgehead atoms. The third-order valence-electron chi connectivity index (χ3n) is 2.15. The first-order valence-corrected chi connectivity index (χ1v) is 7.09. The Kier molecular flexibility index (Phi) is 3.95. The molecule has 0 aliphatic carbocycles. The number of pyridine rings is 1. The maximum absolute atomic E-state index is 4.02. The molecule has 15 heavy (non-hydrogen) atoms. The third kappa shape index (κ3) is 3.50. The molecule has 1 aromatic carbocycles. The predicted octanol–water partition coefficient (Wildman–Crippen LogP) is 2.07. The van der Waals surface area contributed by atoms with Crippen LogP contribution in [0.4, 0.5) is 0 Å². The van der Waals surface area contributed by atoms with Gasteiger partial charge in [-0.25, -0.2) is 0 Å². The average molecular weight is 262 g/mol. The maximum atomic E-state index is 4.02. The van der Waals surface area contributed by atoms with E-state index in [1.54, 1.807) is 0 Å². The molecule has 1 aromatic heterocycles. The summed E-state index contributed by atoms with van der Waals surface area (Å²) in [4.78, 5) is 4.02. The summed E-state index contributed by atoms with van der Waals surface area (Å²) in [5, 5.41) is 1.26. The van der Waals surface area contributed by atoms with Crippen molar-refractivity contribution in [2.24, 2.45) is 0 Å². The Labute approximate surface area is 96.7 Å². The fourth-order valence-electron chi connectivity index (χ4n) is 1.35. The van der Waals surface area contributed by atoms with Crippen LogP contribution in [0.2, 0.25) is 5.32 Å². The van der Waals surface area contributed by atoms with Crippen LogP contribution in [0.5, 0.6) is 0 Å². The minimum absolute atomic E-state index is 0.602. The van der Waals surface area contributed by atoms with E-state index in [0.717, 1.165) is 6.42 Å². The molecule has 0 atom stereocenters. The van der Waals surface area contributed by atoms with E-state index >= 15 is 0 Å². The number of benzene rings is 1. The van der Waals surface area contributed by atoms with Crippen LogP contribution in [0, 0.1) is 0 Å². The fraction of sp³-hybridized carbons (Fsp3) is 0.154. The van der Waals surface area contributed by atoms with Crippen molar-refractivity contribution in [2.75, 3.05) is 0 Å². The molecule has 0 unspecified atom stereocenters. The zero-order valence-electron chi connectivity index (χ0n) is 8.47. The molecule has 0 aliphatic rings. The molecular weight excluding hydrogens is 249 g/mol. The van der Waals surface area contributed by atoms with Gasteiger partial charge in [-0.15, -0.1) is 0 Å². The first-order chi connectivity index (χ1) is 7.45. The van der Waals surface area contributed by atoms with Crippen LogP contribution >= 0.6 is 0 Å². The first-order valence-electron chi connectivity index (χ1n) is 5.02. The summed E-state index contributed by atoms with van der Waals surface area (Å²) < 4.78 is 1.49. The van der Waals surface area contributed by atoms with Gasteiger partial charge in [0.2, 0.25) is 0 Å². The third-order valence-corrected chi connectivity index (χ3v) is 4.28. The number of nitrogens with zero attached hydrogens (tertiary/aromatic N) is 1. The van der Waals surface area contributed by atoms with Crippen molar-refractivity contribution in [3.05, 3.63) is 60.4 Å². The van der Waals surface area contributed by atoms with Gasteiger partial charge in [-0.1, -0.05) is 0 Å². The van der Waals surface area contributed by atoms with Crippen LogP contribution in [-0.4, -0.2) is 19.9 Å². The van der Waals surface area contributed by atoms with Gasteiger partial charge in [0.05, 0.1) is 0 Å². The van der Waals surface area contributed by atoms with E-state index in [0.29, 0.717) is 15.0 Å². The second-order valence-corrected chi connectivity index (χ2v) is 5.72. The van der Waals surface area contributed by atoms with Crippen molar-refractivity contribution in [1.29, 1.82) is 0 Å². The summed E-state index contributed by atoms with van der Waals surface area (Å²) in [6.07, 6.45) is 4.90. The van der Waals surface area contributed by atoms with Crippen LogP contribution < -0.4 is 4.46 Å². The quantitative estimate of drug-likeness (QED) is 0.769. The fourth-order valence-corrected chi connectivity index (χ4v) is 3.29. The molecule has 0 fully saturated rings. The molecule has 0 saturated heterocycles. The van der Waals surface area contributed by atoms with Crippen molar-refractivity contribution in [3.63, 3.8) is 0 Å². The Morgan fingerprint density at radius 3 is 2.40 bits per heavy atom. The number of hydrogen-bond donors (Lipinski definition) is 0. The molecule has 2 heteroatoms. The predicted molar refractivity (Wildman–Crippen MR) is 64.6 cm³/mol. The summed E-state index contributed by atoms with van der Waals surface area (Å²) in [7, 11) is 0. The van der Waals surface area contributed by atoms with E-state index < -0.39 is 0 Å². The molecule has 0 N–H and O–H groups in total. The van der Waals surface area contributed by atoms with E-state index in [9.17, 15) is 0 Å². The minimum atomic E-state index is 0.602. The van der Waals surface area contributed by atoms with E-state index in [1.807, 2.05) is 12.4 Å². The molecule has 2 aromatic rings. The molecule has 1 nitrogen and oxygen atoms in total. The van der Waals surface area contributed by atoms with Gasteiger partial charge in [-0.3, -0.25) is 0 Å². The van der Waals surface area contributed by atoms with E-state index in [-0.39, 0.29) is 0 Å².